The van der Waals surface area contributed by atoms with E-state index in [0.29, 0.717) is 5.69 Å². The van der Waals surface area contributed by atoms with Gasteiger partial charge in [-0.25, -0.2) is 0 Å². The molecule has 5 nitrogen and oxygen atoms in total. The highest BCUT2D eigenvalue weighted by Crippen LogP contribution is 2.21. The molecular weight excluding hydrogens is 244 g/mol. The second-order valence-electron chi connectivity index (χ2n) is 4.50. The van der Waals surface area contributed by atoms with Crippen LogP contribution >= 0.6 is 0 Å². The molecule has 100 valence electrons. The Morgan fingerprint density at radius 1 is 1.37 bits per heavy atom. The number of carboxylic acid groups (broad SMARTS) is 1. The summed E-state index contributed by atoms with van der Waals surface area (Å²) in [7, 11) is 1.83. The fraction of sp³-hybridized carbons (Fsp3) is 0.286. The zero-order valence-corrected chi connectivity index (χ0v) is 10.9. The number of aliphatic carboxylic acids is 1. The first-order valence-corrected chi connectivity index (χ1v) is 6.05. The molecule has 0 spiro atoms. The van der Waals surface area contributed by atoms with E-state index < -0.39 is 5.97 Å². The summed E-state index contributed by atoms with van der Waals surface area (Å²) >= 11 is 0. The molecule has 0 saturated carbocycles. The van der Waals surface area contributed by atoms with Gasteiger partial charge in [0.15, 0.2) is 0 Å². The molecule has 0 bridgehead atoms. The quantitative estimate of drug-likeness (QED) is 0.878. The van der Waals surface area contributed by atoms with Crippen LogP contribution in [0.25, 0.3) is 10.9 Å². The van der Waals surface area contributed by atoms with Crippen molar-refractivity contribution in [2.75, 3.05) is 6.54 Å². The van der Waals surface area contributed by atoms with Gasteiger partial charge in [0.05, 0.1) is 6.42 Å². The number of carbonyl (C=O) groups excluding carboxylic acids is 1. The van der Waals surface area contributed by atoms with Gasteiger partial charge in [-0.1, -0.05) is 12.1 Å². The number of benzene rings is 1. The smallest absolute Gasteiger partial charge is 0.305 e. The van der Waals surface area contributed by atoms with Gasteiger partial charge in [0.25, 0.3) is 5.91 Å². The van der Waals surface area contributed by atoms with Crippen LogP contribution < -0.4 is 5.32 Å². The topological polar surface area (TPSA) is 71.3 Å². The lowest BCUT2D eigenvalue weighted by Crippen LogP contribution is -2.27. The van der Waals surface area contributed by atoms with Gasteiger partial charge in [0, 0.05) is 24.5 Å². The van der Waals surface area contributed by atoms with Crippen LogP contribution in [0.4, 0.5) is 0 Å². The maximum Gasteiger partial charge on any atom is 0.305 e. The fourth-order valence-electron chi connectivity index (χ4n) is 2.10. The molecule has 0 aliphatic carbocycles. The van der Waals surface area contributed by atoms with Crippen molar-refractivity contribution in [2.24, 2.45) is 7.05 Å². The molecule has 2 rings (SSSR count). The van der Waals surface area contributed by atoms with Crippen molar-refractivity contribution in [3.63, 3.8) is 0 Å². The molecule has 19 heavy (non-hydrogen) atoms. The van der Waals surface area contributed by atoms with Crippen LogP contribution in [0.1, 0.15) is 22.5 Å². The summed E-state index contributed by atoms with van der Waals surface area (Å²) in [5.74, 6) is -1.17. The average Bonchev–Trinajstić information content (AvgIpc) is 2.68. The van der Waals surface area contributed by atoms with Crippen LogP contribution in [0.2, 0.25) is 0 Å². The van der Waals surface area contributed by atoms with Gasteiger partial charge in [-0.15, -0.1) is 0 Å². The molecule has 2 aromatic rings. The zero-order chi connectivity index (χ0) is 14.0. The maximum absolute atomic E-state index is 12.0. The van der Waals surface area contributed by atoms with Crippen molar-refractivity contribution in [3.05, 3.63) is 35.5 Å². The third-order valence-corrected chi connectivity index (χ3v) is 3.16. The van der Waals surface area contributed by atoms with Gasteiger partial charge in [0.1, 0.15) is 5.69 Å². The third kappa shape index (κ3) is 2.59. The van der Waals surface area contributed by atoms with Crippen molar-refractivity contribution in [2.45, 2.75) is 13.3 Å². The molecule has 0 atom stereocenters. The van der Waals surface area contributed by atoms with E-state index in [4.69, 9.17) is 5.11 Å². The molecule has 1 aromatic heterocycles. The largest absolute Gasteiger partial charge is 0.481 e. The van der Waals surface area contributed by atoms with E-state index in [9.17, 15) is 9.59 Å². The molecule has 2 N–H and O–H groups in total. The number of fused-ring (bicyclic) bond motifs is 1. The van der Waals surface area contributed by atoms with Crippen LogP contribution in [0.15, 0.2) is 24.3 Å². The minimum atomic E-state index is -0.923. The predicted molar refractivity (Wildman–Crippen MR) is 72.2 cm³/mol. The Bertz CT molecular complexity index is 643. The molecular formula is C14H16N2O3. The van der Waals surface area contributed by atoms with Crippen LogP contribution in [0.5, 0.6) is 0 Å². The van der Waals surface area contributed by atoms with E-state index in [1.807, 2.05) is 42.8 Å². The molecule has 0 aliphatic rings. The minimum Gasteiger partial charge on any atom is -0.481 e. The Morgan fingerprint density at radius 3 is 2.74 bits per heavy atom. The van der Waals surface area contributed by atoms with E-state index >= 15 is 0 Å². The number of aryl methyl sites for hydroxylation is 2. The molecule has 0 radical (unpaired) electrons. The summed E-state index contributed by atoms with van der Waals surface area (Å²) in [6.45, 7) is 2.13. The van der Waals surface area contributed by atoms with Crippen LogP contribution in [0, 0.1) is 6.92 Å². The number of hydrogen-bond acceptors (Lipinski definition) is 2. The second kappa shape index (κ2) is 5.14. The first-order valence-electron chi connectivity index (χ1n) is 6.05. The maximum atomic E-state index is 12.0. The molecule has 0 saturated heterocycles. The summed E-state index contributed by atoms with van der Waals surface area (Å²) in [6, 6.07) is 7.73. The summed E-state index contributed by atoms with van der Waals surface area (Å²) in [6.07, 6.45) is -0.0747. The Balaban J connectivity index is 2.25. The first-order chi connectivity index (χ1) is 9.00. The van der Waals surface area contributed by atoms with E-state index in [1.165, 1.54) is 0 Å². The first kappa shape index (κ1) is 13.1. The number of nitrogens with zero attached hydrogens (tertiary/aromatic N) is 1. The average molecular weight is 260 g/mol. The number of carbonyl (C=O) groups is 2. The SMILES string of the molecule is Cc1cccc2c1cc(C(=O)NCCC(=O)O)n2C. The normalized spacial score (nSPS) is 10.6. The highest BCUT2D eigenvalue weighted by Gasteiger charge is 2.14. The summed E-state index contributed by atoms with van der Waals surface area (Å²) in [5, 5.41) is 12.2. The number of hydrogen-bond donors (Lipinski definition) is 2. The summed E-state index contributed by atoms with van der Waals surface area (Å²) in [5.41, 5.74) is 2.63. The molecule has 0 aliphatic heterocycles. The van der Waals surface area contributed by atoms with Gasteiger partial charge in [-0.2, -0.15) is 0 Å². The number of nitrogens with one attached hydrogen (secondary N) is 1. The standard InChI is InChI=1S/C14H16N2O3/c1-9-4-3-5-11-10(9)8-12(16(11)2)14(19)15-7-6-13(17)18/h3-5,8H,6-7H2,1-2H3,(H,15,19)(H,17,18). The molecule has 1 heterocycles. The van der Waals surface area contributed by atoms with Crippen molar-refractivity contribution < 1.29 is 14.7 Å². The molecule has 5 heteroatoms. The van der Waals surface area contributed by atoms with Gasteiger partial charge in [-0.3, -0.25) is 9.59 Å². The van der Waals surface area contributed by atoms with E-state index in [1.54, 1.807) is 0 Å². The minimum absolute atomic E-state index is 0.0747. The van der Waals surface area contributed by atoms with Gasteiger partial charge < -0.3 is 15.0 Å². The molecule has 1 amide bonds. The van der Waals surface area contributed by atoms with Crippen LogP contribution in [0.3, 0.4) is 0 Å². The van der Waals surface area contributed by atoms with Gasteiger partial charge in [-0.05, 0) is 24.6 Å². The van der Waals surface area contributed by atoms with Crippen molar-refractivity contribution >= 4 is 22.8 Å². The van der Waals surface area contributed by atoms with Crippen molar-refractivity contribution in [3.8, 4) is 0 Å². The Labute approximate surface area is 110 Å². The highest BCUT2D eigenvalue weighted by molar-refractivity contribution is 5.99. The summed E-state index contributed by atoms with van der Waals surface area (Å²) in [4.78, 5) is 22.4. The van der Waals surface area contributed by atoms with Crippen LogP contribution in [-0.4, -0.2) is 28.1 Å². The Kier molecular flexibility index (Phi) is 3.55. The van der Waals surface area contributed by atoms with E-state index in [-0.39, 0.29) is 18.9 Å². The fourth-order valence-corrected chi connectivity index (χ4v) is 2.10. The van der Waals surface area contributed by atoms with Gasteiger partial charge in [0.2, 0.25) is 0 Å². The van der Waals surface area contributed by atoms with Crippen LogP contribution in [-0.2, 0) is 11.8 Å². The summed E-state index contributed by atoms with van der Waals surface area (Å²) < 4.78 is 1.82. The van der Waals surface area contributed by atoms with E-state index in [2.05, 4.69) is 5.32 Å². The van der Waals surface area contributed by atoms with Crippen molar-refractivity contribution in [1.82, 2.24) is 9.88 Å². The second-order valence-corrected chi connectivity index (χ2v) is 4.50. The number of carboxylic acids is 1. The Hall–Kier alpha value is -2.30. The lowest BCUT2D eigenvalue weighted by atomic mass is 10.1. The highest BCUT2D eigenvalue weighted by atomic mass is 16.4. The Morgan fingerprint density at radius 2 is 2.11 bits per heavy atom. The third-order valence-electron chi connectivity index (χ3n) is 3.16. The van der Waals surface area contributed by atoms with E-state index in [0.717, 1.165) is 16.5 Å². The predicted octanol–water partition coefficient (Wildman–Crippen LogP) is 1.69. The molecule has 0 unspecified atom stereocenters. The monoisotopic (exact) mass is 260 g/mol. The number of amides is 1. The van der Waals surface area contributed by atoms with Gasteiger partial charge >= 0.3 is 5.97 Å². The molecule has 0 fully saturated rings. The zero-order valence-electron chi connectivity index (χ0n) is 10.9. The van der Waals surface area contributed by atoms with Crippen molar-refractivity contribution in [1.29, 1.82) is 0 Å². The lowest BCUT2D eigenvalue weighted by molar-refractivity contribution is -0.136. The number of rotatable bonds is 4. The number of aromatic nitrogens is 1. The molecule has 1 aromatic carbocycles. The lowest BCUT2D eigenvalue weighted by Gasteiger charge is -2.05.